The maximum atomic E-state index is 12.7. The van der Waals surface area contributed by atoms with Gasteiger partial charge in [-0.3, -0.25) is 38.4 Å². The normalized spacial score (nSPS) is 8.94. The molecule has 1 radical (unpaired) electrons. The van der Waals surface area contributed by atoms with E-state index in [1.807, 2.05) is 4.90 Å². The number of carbonyl (C=O) groups is 6. The Hall–Kier alpha value is -0.155. The second-order valence-corrected chi connectivity index (χ2v) is 11.5. The molecule has 0 fully saturated rings. The number of carboxylic acids is 4. The van der Waals surface area contributed by atoms with Gasteiger partial charge in [-0.05, 0) is 43.9 Å². The van der Waals surface area contributed by atoms with Gasteiger partial charge in [0, 0.05) is 71.0 Å². The third-order valence-corrected chi connectivity index (χ3v) is 6.75. The SMILES string of the molecule is O=C=O.O=C=O.O=C=O.O=C=O.[CH2-]N([CH2-])CCN([CH2-])CCN([CH2-])CC(=O)Cc1ccc(NC(=O)CN(CCN(CCN(CC(=O)[O-])CC(=O)[O-])CC(=O)[O-])CC(=O)[O-])cc1.[Gd+3].[Na+].[Na+].[Na+].[Na+].[Na+]. The standard InChI is InChI=1S/C31H47N7O10.4CO2.Gd.5Na/c1-33(2)9-10-34(3)11-12-35(4)18-26(39)17-24-5-7-25(8-6-24)32-27(40)19-37(21-29(43)44)15-13-36(20-28(41)42)14-16-38(22-30(45)46)23-31(47)48;4*2-1-3;;;;;;/h5-8H,1-4,9-23H2,(H,32,40)(H,41,42)(H,43,44)(H,45,46)(H,47,48);;;;;;;;;;/q-4;;;;;+3;5*+1/p-4. The van der Waals surface area contributed by atoms with Gasteiger partial charge >= 0.3 is 212 Å². The molecular weight excluding hydrogens is 1080 g/mol. The first-order valence-electron chi connectivity index (χ1n) is 16.5. The number of hydrogen-bond acceptors (Lipinski definition) is 24. The van der Waals surface area contributed by atoms with E-state index in [1.54, 1.807) is 34.1 Å². The van der Waals surface area contributed by atoms with E-state index >= 15 is 0 Å². The summed E-state index contributed by atoms with van der Waals surface area (Å²) in [7, 11) is 15.2. The molecule has 0 aromatic heterocycles. The first-order valence-corrected chi connectivity index (χ1v) is 16.5. The van der Waals surface area contributed by atoms with Gasteiger partial charge in [0.05, 0.1) is 30.4 Å². The molecule has 0 saturated heterocycles. The van der Waals surface area contributed by atoms with E-state index in [2.05, 4.69) is 33.5 Å². The third-order valence-electron chi connectivity index (χ3n) is 6.75. The summed E-state index contributed by atoms with van der Waals surface area (Å²) in [5.41, 5.74) is 1.10. The number of amides is 1. The number of nitrogens with zero attached hydrogens (tertiary/aromatic N) is 6. The molecule has 66 heavy (non-hydrogen) atoms. The van der Waals surface area contributed by atoms with Gasteiger partial charge in [0.15, 0.2) is 0 Å². The molecule has 0 spiro atoms. The molecule has 0 atom stereocenters. The molecular formula is C35H43GdN7Na5O18. The predicted octanol–water partition coefficient (Wildman–Crippen LogP) is -23.6. The molecule has 0 bridgehead atoms. The zero-order valence-electron chi connectivity index (χ0n) is 37.6. The zero-order valence-corrected chi connectivity index (χ0v) is 49.9. The second kappa shape index (κ2) is 61.0. The Morgan fingerprint density at radius 2 is 0.758 bits per heavy atom. The van der Waals surface area contributed by atoms with Crippen LogP contribution in [0.25, 0.3) is 0 Å². The number of nitrogens with one attached hydrogen (secondary N) is 1. The molecule has 0 saturated carbocycles. The smallest absolute Gasteiger partial charge is 0.610 e. The van der Waals surface area contributed by atoms with Gasteiger partial charge in [0.2, 0.25) is 5.91 Å². The minimum Gasteiger partial charge on any atom is -0.610 e. The third kappa shape index (κ3) is 65.9. The van der Waals surface area contributed by atoms with Crippen molar-refractivity contribution in [3.8, 4) is 0 Å². The summed E-state index contributed by atoms with van der Waals surface area (Å²) < 4.78 is 0. The van der Waals surface area contributed by atoms with E-state index in [9.17, 15) is 49.2 Å². The topological polar surface area (TPSA) is 363 Å². The van der Waals surface area contributed by atoms with Gasteiger partial charge in [0.1, 0.15) is 5.78 Å². The largest absolute Gasteiger partial charge is 3.00 e. The number of aliphatic carboxylic acids is 4. The van der Waals surface area contributed by atoms with E-state index in [1.165, 1.54) is 9.80 Å². The molecule has 0 aliphatic rings. The number of carboxylic acid groups (broad SMARTS) is 4. The monoisotopic (exact) mass is 1120 g/mol. The van der Waals surface area contributed by atoms with Gasteiger partial charge in [-0.25, -0.2) is 0 Å². The molecule has 1 rings (SSSR count). The van der Waals surface area contributed by atoms with Crippen molar-refractivity contribution in [3.05, 3.63) is 58.0 Å². The fourth-order valence-corrected chi connectivity index (χ4v) is 4.39. The quantitative estimate of drug-likeness (QED) is 0.0631. The summed E-state index contributed by atoms with van der Waals surface area (Å²) in [4.78, 5) is 143. The second-order valence-electron chi connectivity index (χ2n) is 11.5. The van der Waals surface area contributed by atoms with Crippen LogP contribution in [0.5, 0.6) is 0 Å². The molecule has 1 aromatic rings. The van der Waals surface area contributed by atoms with Gasteiger partial charge in [-0.2, -0.15) is 38.4 Å². The Balaban J connectivity index is -0.000000196. The first-order chi connectivity index (χ1) is 28.2. The van der Waals surface area contributed by atoms with Crippen molar-refractivity contribution in [1.82, 2.24) is 29.4 Å². The number of hydrogen-bond donors (Lipinski definition) is 1. The van der Waals surface area contributed by atoms with Crippen LogP contribution in [0.3, 0.4) is 0 Å². The first kappa shape index (κ1) is 88.8. The van der Waals surface area contributed by atoms with Crippen molar-refractivity contribution < 1.29 is 275 Å². The maximum Gasteiger partial charge on any atom is 3.00 e. The summed E-state index contributed by atoms with van der Waals surface area (Å²) in [6.45, 7) is -1.08. The average Bonchev–Trinajstić information content (AvgIpc) is 3.12. The Bertz CT molecular complexity index is 1540. The van der Waals surface area contributed by atoms with Crippen LogP contribution < -0.4 is 174 Å². The number of Topliss-reactive ketones (excluding diaryl/α,β-unsaturated/α-hetero) is 1. The van der Waals surface area contributed by atoms with Gasteiger partial charge < -0.3 is 73.7 Å². The summed E-state index contributed by atoms with van der Waals surface area (Å²) >= 11 is 0. The predicted molar refractivity (Wildman–Crippen MR) is 184 cm³/mol. The molecule has 31 heteroatoms. The fraction of sp³-hybridized carbons (Fsp3) is 0.429. The maximum absolute atomic E-state index is 12.7. The van der Waals surface area contributed by atoms with Crippen LogP contribution in [0.15, 0.2) is 24.3 Å². The molecule has 1 aromatic carbocycles. The zero-order chi connectivity index (χ0) is 47.1. The van der Waals surface area contributed by atoms with Gasteiger partial charge in [0.25, 0.3) is 0 Å². The number of anilines is 1. The Morgan fingerprint density at radius 3 is 1.11 bits per heavy atom. The Labute approximate surface area is 524 Å². The van der Waals surface area contributed by atoms with Crippen LogP contribution >= 0.6 is 0 Å². The average molecular weight is 1120 g/mol. The molecule has 1 amide bonds. The molecule has 0 heterocycles. The van der Waals surface area contributed by atoms with Crippen molar-refractivity contribution in [1.29, 1.82) is 0 Å². The summed E-state index contributed by atoms with van der Waals surface area (Å²) in [6.07, 6.45) is 1.15. The summed E-state index contributed by atoms with van der Waals surface area (Å²) in [5, 5.41) is 47.0. The molecule has 0 unspecified atom stereocenters. The minimum absolute atomic E-state index is 0. The molecule has 25 nitrogen and oxygen atoms in total. The molecule has 0 aliphatic carbocycles. The van der Waals surface area contributed by atoms with Crippen molar-refractivity contribution in [2.45, 2.75) is 6.42 Å². The number of rotatable bonds is 27. The molecule has 339 valence electrons. The van der Waals surface area contributed by atoms with E-state index in [-0.39, 0.29) is 257 Å². The van der Waals surface area contributed by atoms with E-state index in [4.69, 9.17) is 38.4 Å². The Kier molecular flexibility index (Phi) is 82.0. The minimum atomic E-state index is -1.54. The van der Waals surface area contributed by atoms with Crippen LogP contribution in [0, 0.1) is 68.1 Å². The van der Waals surface area contributed by atoms with Crippen molar-refractivity contribution in [3.63, 3.8) is 0 Å². The molecule has 0 aliphatic heterocycles. The summed E-state index contributed by atoms with van der Waals surface area (Å²) in [6, 6.07) is 6.52. The van der Waals surface area contributed by atoms with Crippen molar-refractivity contribution in [2.24, 2.45) is 0 Å². The summed E-state index contributed by atoms with van der Waals surface area (Å²) in [5.74, 6) is -6.69. The van der Waals surface area contributed by atoms with Crippen LogP contribution in [-0.4, -0.2) is 181 Å². The van der Waals surface area contributed by atoms with Crippen molar-refractivity contribution in [2.75, 3.05) is 96.9 Å². The van der Waals surface area contributed by atoms with Crippen LogP contribution in [0.2, 0.25) is 0 Å². The van der Waals surface area contributed by atoms with E-state index < -0.39 is 62.5 Å². The van der Waals surface area contributed by atoms with Crippen molar-refractivity contribution >= 4 is 65.9 Å². The van der Waals surface area contributed by atoms with Gasteiger partial charge in [-0.1, -0.05) is 12.1 Å². The van der Waals surface area contributed by atoms with Crippen LogP contribution in [0.4, 0.5) is 5.69 Å². The fourth-order valence-electron chi connectivity index (χ4n) is 4.39. The molecule has 1 N–H and O–H groups in total. The number of benzene rings is 1. The van der Waals surface area contributed by atoms with E-state index in [0.717, 1.165) is 4.90 Å². The Morgan fingerprint density at radius 1 is 0.455 bits per heavy atom. The van der Waals surface area contributed by atoms with Gasteiger partial charge in [-0.15, -0.1) is 0 Å². The number of carbonyl (C=O) groups excluding carboxylic acids is 14. The number of ketones is 1. The van der Waals surface area contributed by atoms with Crippen LogP contribution in [0.1, 0.15) is 5.56 Å². The van der Waals surface area contributed by atoms with Crippen LogP contribution in [-0.2, 0) is 73.5 Å². The van der Waals surface area contributed by atoms with E-state index in [0.29, 0.717) is 37.4 Å².